The molecule has 9 heteroatoms. The molecule has 3 heterocycles. The molecule has 1 amide bonds. The van der Waals surface area contributed by atoms with E-state index in [0.717, 1.165) is 6.42 Å². The predicted octanol–water partition coefficient (Wildman–Crippen LogP) is 5.34. The number of rotatable bonds is 10. The number of aromatic nitrogens is 1. The van der Waals surface area contributed by atoms with Gasteiger partial charge < -0.3 is 19.0 Å². The molecule has 1 aliphatic rings. The lowest BCUT2D eigenvalue weighted by molar-refractivity contribution is -0.117. The van der Waals surface area contributed by atoms with Crippen molar-refractivity contribution in [1.29, 1.82) is 0 Å². The zero-order valence-corrected chi connectivity index (χ0v) is 20.0. The van der Waals surface area contributed by atoms with Crippen LogP contribution in [0.15, 0.2) is 63.9 Å². The van der Waals surface area contributed by atoms with Crippen LogP contribution in [0.4, 0.5) is 5.13 Å². The molecule has 1 N–H and O–H groups in total. The first-order valence-corrected chi connectivity index (χ1v) is 11.9. The number of hydrogen-bond donors (Lipinski definition) is 1. The third-order valence-corrected chi connectivity index (χ3v) is 6.13. The summed E-state index contributed by atoms with van der Waals surface area (Å²) in [6, 6.07) is 7.41. The second kappa shape index (κ2) is 10.1. The van der Waals surface area contributed by atoms with Crippen LogP contribution in [0.25, 0.3) is 0 Å². The highest BCUT2D eigenvalue weighted by atomic mass is 32.1. The van der Waals surface area contributed by atoms with Crippen LogP contribution in [0.2, 0.25) is 0 Å². The summed E-state index contributed by atoms with van der Waals surface area (Å²) in [6.45, 7) is 7.05. The SMILES string of the molecule is CCOc1cc(C2C(C(=O)c3ccco3)=C(O)C(=O)N2c2nccs2)ccc1OCCC(C)C. The van der Waals surface area contributed by atoms with Gasteiger partial charge in [0.25, 0.3) is 5.91 Å². The number of thiazole rings is 1. The standard InChI is InChI=1S/C25H26N2O6S/c1-4-31-19-14-16(7-8-17(19)33-12-9-15(2)3)21-20(22(28)18-6-5-11-32-18)23(29)24(30)27(21)25-26-10-13-34-25/h5-8,10-11,13-15,21,29H,4,9,12H2,1-3H3. The van der Waals surface area contributed by atoms with E-state index in [2.05, 4.69) is 18.8 Å². The smallest absolute Gasteiger partial charge is 0.296 e. The minimum atomic E-state index is -0.917. The Labute approximate surface area is 201 Å². The Morgan fingerprint density at radius 3 is 2.74 bits per heavy atom. The van der Waals surface area contributed by atoms with Crippen LogP contribution in [0, 0.1) is 5.92 Å². The van der Waals surface area contributed by atoms with Gasteiger partial charge in [0.15, 0.2) is 28.1 Å². The third kappa shape index (κ3) is 4.56. The van der Waals surface area contributed by atoms with Crippen molar-refractivity contribution in [2.45, 2.75) is 33.2 Å². The number of furan rings is 1. The van der Waals surface area contributed by atoms with E-state index in [1.807, 2.05) is 6.92 Å². The molecule has 0 aliphatic carbocycles. The molecule has 0 bridgehead atoms. The Morgan fingerprint density at radius 2 is 2.09 bits per heavy atom. The number of anilines is 1. The van der Waals surface area contributed by atoms with Crippen molar-refractivity contribution in [3.63, 3.8) is 0 Å². The van der Waals surface area contributed by atoms with Gasteiger partial charge in [-0.3, -0.25) is 14.5 Å². The molecular formula is C25H26N2O6S. The van der Waals surface area contributed by atoms with Gasteiger partial charge in [-0.2, -0.15) is 0 Å². The van der Waals surface area contributed by atoms with E-state index in [9.17, 15) is 14.7 Å². The van der Waals surface area contributed by atoms with Gasteiger partial charge in [0.2, 0.25) is 5.78 Å². The first-order chi connectivity index (χ1) is 16.4. The van der Waals surface area contributed by atoms with E-state index in [1.165, 1.54) is 28.6 Å². The molecule has 1 atom stereocenters. The number of carbonyl (C=O) groups is 2. The summed E-state index contributed by atoms with van der Waals surface area (Å²) < 4.78 is 17.0. The van der Waals surface area contributed by atoms with Crippen molar-refractivity contribution in [3.8, 4) is 11.5 Å². The van der Waals surface area contributed by atoms with Crippen molar-refractivity contribution in [2.75, 3.05) is 18.1 Å². The monoisotopic (exact) mass is 482 g/mol. The minimum Gasteiger partial charge on any atom is -0.503 e. The average Bonchev–Trinajstić information content (AvgIpc) is 3.57. The van der Waals surface area contributed by atoms with Gasteiger partial charge in [0.1, 0.15) is 0 Å². The van der Waals surface area contributed by atoms with Crippen LogP contribution < -0.4 is 14.4 Å². The normalized spacial score (nSPS) is 15.9. The molecule has 0 saturated heterocycles. The number of ether oxygens (including phenoxy) is 2. The molecule has 1 aromatic carbocycles. The number of nitrogens with zero attached hydrogens (tertiary/aromatic N) is 2. The number of hydrogen-bond acceptors (Lipinski definition) is 8. The highest BCUT2D eigenvalue weighted by molar-refractivity contribution is 7.13. The summed E-state index contributed by atoms with van der Waals surface area (Å²) in [6.07, 6.45) is 3.82. The Bertz CT molecular complexity index is 1180. The fourth-order valence-electron chi connectivity index (χ4n) is 3.71. The van der Waals surface area contributed by atoms with Crippen LogP contribution >= 0.6 is 11.3 Å². The van der Waals surface area contributed by atoms with E-state index in [-0.39, 0.29) is 11.3 Å². The van der Waals surface area contributed by atoms with E-state index < -0.39 is 23.5 Å². The summed E-state index contributed by atoms with van der Waals surface area (Å²) in [7, 11) is 0. The zero-order chi connectivity index (χ0) is 24.2. The molecular weight excluding hydrogens is 456 g/mol. The summed E-state index contributed by atoms with van der Waals surface area (Å²) >= 11 is 1.23. The summed E-state index contributed by atoms with van der Waals surface area (Å²) in [4.78, 5) is 31.9. The first-order valence-electron chi connectivity index (χ1n) is 11.1. The molecule has 0 radical (unpaired) electrons. The van der Waals surface area contributed by atoms with Gasteiger partial charge in [-0.15, -0.1) is 11.3 Å². The van der Waals surface area contributed by atoms with E-state index in [4.69, 9.17) is 13.9 Å². The molecule has 0 saturated carbocycles. The lowest BCUT2D eigenvalue weighted by Crippen LogP contribution is -2.31. The van der Waals surface area contributed by atoms with Crippen LogP contribution in [-0.2, 0) is 4.79 Å². The average molecular weight is 483 g/mol. The van der Waals surface area contributed by atoms with Crippen LogP contribution in [0.5, 0.6) is 11.5 Å². The summed E-state index contributed by atoms with van der Waals surface area (Å²) in [5.41, 5.74) is 0.494. The molecule has 2 aromatic heterocycles. The van der Waals surface area contributed by atoms with Gasteiger partial charge in [0, 0.05) is 11.6 Å². The Balaban J connectivity index is 1.78. The number of carbonyl (C=O) groups excluding carboxylic acids is 2. The highest BCUT2D eigenvalue weighted by Crippen LogP contribution is 2.44. The molecule has 3 aromatic rings. The topological polar surface area (TPSA) is 102 Å². The number of amides is 1. The second-order valence-electron chi connectivity index (χ2n) is 8.13. The molecule has 1 aliphatic heterocycles. The van der Waals surface area contributed by atoms with Crippen LogP contribution in [0.1, 0.15) is 49.4 Å². The molecule has 8 nitrogen and oxygen atoms in total. The highest BCUT2D eigenvalue weighted by Gasteiger charge is 2.46. The summed E-state index contributed by atoms with van der Waals surface area (Å²) in [5.74, 6) is -0.319. The second-order valence-corrected chi connectivity index (χ2v) is 9.00. The predicted molar refractivity (Wildman–Crippen MR) is 128 cm³/mol. The van der Waals surface area contributed by atoms with Crippen molar-refractivity contribution in [3.05, 3.63) is 70.8 Å². The molecule has 178 valence electrons. The maximum Gasteiger partial charge on any atom is 0.296 e. The van der Waals surface area contributed by atoms with E-state index in [0.29, 0.717) is 41.3 Å². The number of aliphatic hydroxyl groups excluding tert-OH is 1. The molecule has 0 fully saturated rings. The molecule has 34 heavy (non-hydrogen) atoms. The lowest BCUT2D eigenvalue weighted by atomic mass is 9.95. The Kier molecular flexibility index (Phi) is 7.02. The number of ketones is 1. The van der Waals surface area contributed by atoms with Gasteiger partial charge in [0.05, 0.1) is 31.1 Å². The molecule has 0 spiro atoms. The maximum atomic E-state index is 13.3. The lowest BCUT2D eigenvalue weighted by Gasteiger charge is -2.25. The third-order valence-electron chi connectivity index (χ3n) is 5.36. The van der Waals surface area contributed by atoms with Gasteiger partial charge in [-0.05, 0) is 49.1 Å². The first kappa shape index (κ1) is 23.6. The van der Waals surface area contributed by atoms with Crippen LogP contribution in [0.3, 0.4) is 0 Å². The van der Waals surface area contributed by atoms with Gasteiger partial charge in [-0.1, -0.05) is 19.9 Å². The molecule has 4 rings (SSSR count). The summed E-state index contributed by atoms with van der Waals surface area (Å²) in [5, 5.41) is 12.9. The van der Waals surface area contributed by atoms with Crippen molar-refractivity contribution in [2.24, 2.45) is 5.92 Å². The van der Waals surface area contributed by atoms with Crippen molar-refractivity contribution in [1.82, 2.24) is 4.98 Å². The number of Topliss-reactive ketones (excluding diaryl/α,β-unsaturated/α-hetero) is 1. The van der Waals surface area contributed by atoms with Crippen LogP contribution in [-0.4, -0.2) is 35.0 Å². The maximum absolute atomic E-state index is 13.3. The number of benzene rings is 1. The Morgan fingerprint density at radius 1 is 1.26 bits per heavy atom. The van der Waals surface area contributed by atoms with Gasteiger partial charge >= 0.3 is 0 Å². The molecule has 1 unspecified atom stereocenters. The van der Waals surface area contributed by atoms with E-state index >= 15 is 0 Å². The largest absolute Gasteiger partial charge is 0.503 e. The van der Waals surface area contributed by atoms with Crippen molar-refractivity contribution >= 4 is 28.2 Å². The van der Waals surface area contributed by atoms with Gasteiger partial charge in [-0.25, -0.2) is 4.98 Å². The minimum absolute atomic E-state index is 0.0269. The van der Waals surface area contributed by atoms with Crippen molar-refractivity contribution < 1.29 is 28.6 Å². The fourth-order valence-corrected chi connectivity index (χ4v) is 4.38. The van der Waals surface area contributed by atoms with E-state index in [1.54, 1.807) is 35.8 Å². The zero-order valence-electron chi connectivity index (χ0n) is 19.2. The fraction of sp³-hybridized carbons (Fsp3) is 0.320. The Hall–Kier alpha value is -3.59. The number of aliphatic hydroxyl groups is 1. The quantitative estimate of drug-likeness (QED) is 0.389.